The molecule has 0 radical (unpaired) electrons. The molecule has 3 aromatic rings. The Hall–Kier alpha value is -1.85. The Balaban J connectivity index is 1.78. The fraction of sp³-hybridized carbons (Fsp3) is 0.364. The number of rotatable bonds is 6. The van der Waals surface area contributed by atoms with E-state index in [1.807, 2.05) is 28.8 Å². The SMILES string of the molecule is C=CCSc1nc2sc3c(c2c(=O)n1CCc1ccccc1)CC[C@H](C)C3. The number of aryl methyl sites for hydroxylation is 2. The van der Waals surface area contributed by atoms with Gasteiger partial charge in [0.2, 0.25) is 0 Å². The molecule has 27 heavy (non-hydrogen) atoms. The third-order valence-corrected chi connectivity index (χ3v) is 7.30. The Bertz CT molecular complexity index is 1020. The van der Waals surface area contributed by atoms with Gasteiger partial charge in [0, 0.05) is 17.2 Å². The number of nitrogens with zero attached hydrogens (tertiary/aromatic N) is 2. The van der Waals surface area contributed by atoms with E-state index in [2.05, 4.69) is 25.6 Å². The molecule has 1 aromatic carbocycles. The van der Waals surface area contributed by atoms with Crippen LogP contribution in [0.1, 0.15) is 29.3 Å². The molecule has 0 saturated heterocycles. The second-order valence-electron chi connectivity index (χ2n) is 7.22. The Kier molecular flexibility index (Phi) is 5.50. The van der Waals surface area contributed by atoms with E-state index in [9.17, 15) is 4.79 Å². The van der Waals surface area contributed by atoms with Crippen molar-refractivity contribution in [2.24, 2.45) is 5.92 Å². The molecule has 1 aliphatic carbocycles. The normalized spacial score (nSPS) is 16.4. The Labute approximate surface area is 168 Å². The fourth-order valence-electron chi connectivity index (χ4n) is 3.73. The summed E-state index contributed by atoms with van der Waals surface area (Å²) in [6, 6.07) is 10.3. The molecule has 5 heteroatoms. The van der Waals surface area contributed by atoms with Gasteiger partial charge in [-0.2, -0.15) is 0 Å². The van der Waals surface area contributed by atoms with E-state index >= 15 is 0 Å². The van der Waals surface area contributed by atoms with E-state index in [0.29, 0.717) is 12.5 Å². The predicted octanol–water partition coefficient (Wildman–Crippen LogP) is 5.10. The van der Waals surface area contributed by atoms with Gasteiger partial charge in [-0.25, -0.2) is 4.98 Å². The number of hydrogen-bond donors (Lipinski definition) is 0. The number of thioether (sulfide) groups is 1. The smallest absolute Gasteiger partial charge is 0.263 e. The van der Waals surface area contributed by atoms with Gasteiger partial charge in [-0.1, -0.05) is 55.1 Å². The maximum atomic E-state index is 13.4. The number of fused-ring (bicyclic) bond motifs is 3. The molecule has 3 nitrogen and oxygen atoms in total. The standard InChI is InChI=1S/C22H24N2OS2/c1-3-13-26-22-23-20-19(17-10-9-15(2)14-18(17)27-20)21(25)24(22)12-11-16-7-5-4-6-8-16/h3-8,15H,1,9-14H2,2H3/t15-/m0/s1. The van der Waals surface area contributed by atoms with Gasteiger partial charge in [0.15, 0.2) is 5.16 Å². The van der Waals surface area contributed by atoms with Gasteiger partial charge in [-0.05, 0) is 42.7 Å². The first kappa shape index (κ1) is 18.5. The van der Waals surface area contributed by atoms with E-state index in [4.69, 9.17) is 4.98 Å². The molecule has 0 saturated carbocycles. The van der Waals surface area contributed by atoms with Crippen molar-refractivity contribution in [3.8, 4) is 0 Å². The summed E-state index contributed by atoms with van der Waals surface area (Å²) >= 11 is 3.32. The first-order valence-electron chi connectivity index (χ1n) is 9.50. The van der Waals surface area contributed by atoms with Crippen LogP contribution in [-0.4, -0.2) is 15.3 Å². The number of thiophene rings is 1. The van der Waals surface area contributed by atoms with Gasteiger partial charge in [0.1, 0.15) is 4.83 Å². The van der Waals surface area contributed by atoms with Crippen molar-refractivity contribution in [1.82, 2.24) is 9.55 Å². The number of aromatic nitrogens is 2. The molecule has 2 heterocycles. The monoisotopic (exact) mass is 396 g/mol. The Morgan fingerprint density at radius 2 is 2.19 bits per heavy atom. The zero-order valence-corrected chi connectivity index (χ0v) is 17.2. The van der Waals surface area contributed by atoms with Crippen LogP contribution in [0.2, 0.25) is 0 Å². The Morgan fingerprint density at radius 3 is 2.96 bits per heavy atom. The van der Waals surface area contributed by atoms with Crippen molar-refractivity contribution in [3.63, 3.8) is 0 Å². The minimum atomic E-state index is 0.134. The second-order valence-corrected chi connectivity index (χ2v) is 9.29. The van der Waals surface area contributed by atoms with Crippen molar-refractivity contribution in [2.45, 2.75) is 44.3 Å². The summed E-state index contributed by atoms with van der Waals surface area (Å²) in [5.41, 5.74) is 2.64. The van der Waals surface area contributed by atoms with Crippen LogP contribution in [0.15, 0.2) is 52.9 Å². The van der Waals surface area contributed by atoms with Crippen LogP contribution in [0.5, 0.6) is 0 Å². The number of benzene rings is 1. The van der Waals surface area contributed by atoms with Crippen LogP contribution < -0.4 is 5.56 Å². The first-order chi connectivity index (χ1) is 13.2. The van der Waals surface area contributed by atoms with Gasteiger partial charge >= 0.3 is 0 Å². The third kappa shape index (κ3) is 3.76. The molecule has 0 bridgehead atoms. The molecule has 4 rings (SSSR count). The van der Waals surface area contributed by atoms with E-state index in [0.717, 1.165) is 46.8 Å². The van der Waals surface area contributed by atoms with Crippen molar-refractivity contribution >= 4 is 33.3 Å². The predicted molar refractivity (Wildman–Crippen MR) is 116 cm³/mol. The lowest BCUT2D eigenvalue weighted by molar-refractivity contribution is 0.508. The summed E-state index contributed by atoms with van der Waals surface area (Å²) in [6.07, 6.45) is 5.94. The third-order valence-electron chi connectivity index (χ3n) is 5.18. The van der Waals surface area contributed by atoms with Crippen LogP contribution >= 0.6 is 23.1 Å². The van der Waals surface area contributed by atoms with Crippen molar-refractivity contribution < 1.29 is 0 Å². The van der Waals surface area contributed by atoms with Gasteiger partial charge < -0.3 is 0 Å². The van der Waals surface area contributed by atoms with Gasteiger partial charge in [0.05, 0.1) is 5.39 Å². The minimum Gasteiger partial charge on any atom is -0.287 e. The molecule has 0 fully saturated rings. The molecule has 140 valence electrons. The average molecular weight is 397 g/mol. The van der Waals surface area contributed by atoms with Gasteiger partial charge in [-0.3, -0.25) is 9.36 Å². The van der Waals surface area contributed by atoms with E-state index < -0.39 is 0 Å². The Morgan fingerprint density at radius 1 is 1.37 bits per heavy atom. The molecule has 2 aromatic heterocycles. The first-order valence-corrected chi connectivity index (χ1v) is 11.3. The maximum absolute atomic E-state index is 13.4. The average Bonchev–Trinajstić information content (AvgIpc) is 3.04. The molecule has 1 atom stereocenters. The molecule has 0 amide bonds. The molecular formula is C22H24N2OS2. The molecule has 0 N–H and O–H groups in total. The zero-order chi connectivity index (χ0) is 18.8. The molecule has 1 aliphatic rings. The lowest BCUT2D eigenvalue weighted by Gasteiger charge is -2.17. The highest BCUT2D eigenvalue weighted by Crippen LogP contribution is 2.36. The summed E-state index contributed by atoms with van der Waals surface area (Å²) in [5, 5.41) is 1.69. The van der Waals surface area contributed by atoms with Crippen LogP contribution in [-0.2, 0) is 25.8 Å². The topological polar surface area (TPSA) is 34.9 Å². The van der Waals surface area contributed by atoms with Crippen LogP contribution in [0, 0.1) is 5.92 Å². The molecular weight excluding hydrogens is 372 g/mol. The van der Waals surface area contributed by atoms with Crippen molar-refractivity contribution in [1.29, 1.82) is 0 Å². The number of hydrogen-bond acceptors (Lipinski definition) is 4. The van der Waals surface area contributed by atoms with E-state index in [1.165, 1.54) is 16.0 Å². The summed E-state index contributed by atoms with van der Waals surface area (Å²) in [6.45, 7) is 6.77. The van der Waals surface area contributed by atoms with E-state index in [1.54, 1.807) is 23.1 Å². The quantitative estimate of drug-likeness (QED) is 0.330. The van der Waals surface area contributed by atoms with Gasteiger partial charge in [0.25, 0.3) is 5.56 Å². The van der Waals surface area contributed by atoms with Gasteiger partial charge in [-0.15, -0.1) is 17.9 Å². The van der Waals surface area contributed by atoms with Crippen molar-refractivity contribution in [2.75, 3.05) is 5.75 Å². The van der Waals surface area contributed by atoms with Crippen molar-refractivity contribution in [3.05, 3.63) is 69.3 Å². The fourth-order valence-corrected chi connectivity index (χ4v) is 5.91. The lowest BCUT2D eigenvalue weighted by Crippen LogP contribution is -2.25. The molecule has 0 spiro atoms. The molecule has 0 aliphatic heterocycles. The van der Waals surface area contributed by atoms with Crippen LogP contribution in [0.4, 0.5) is 0 Å². The highest BCUT2D eigenvalue weighted by Gasteiger charge is 2.24. The van der Waals surface area contributed by atoms with Crippen LogP contribution in [0.25, 0.3) is 10.2 Å². The second kappa shape index (κ2) is 8.03. The zero-order valence-electron chi connectivity index (χ0n) is 15.6. The van der Waals surface area contributed by atoms with Crippen LogP contribution in [0.3, 0.4) is 0 Å². The summed E-state index contributed by atoms with van der Waals surface area (Å²) < 4.78 is 1.88. The lowest BCUT2D eigenvalue weighted by atomic mass is 9.89. The summed E-state index contributed by atoms with van der Waals surface area (Å²) in [5.74, 6) is 1.45. The maximum Gasteiger partial charge on any atom is 0.263 e. The van der Waals surface area contributed by atoms with E-state index in [-0.39, 0.29) is 5.56 Å². The minimum absolute atomic E-state index is 0.134. The molecule has 0 unspecified atom stereocenters. The largest absolute Gasteiger partial charge is 0.287 e. The highest BCUT2D eigenvalue weighted by atomic mass is 32.2. The summed E-state index contributed by atoms with van der Waals surface area (Å²) in [4.78, 5) is 20.6. The highest BCUT2D eigenvalue weighted by molar-refractivity contribution is 7.99. The summed E-state index contributed by atoms with van der Waals surface area (Å²) in [7, 11) is 0.